The molecule has 0 spiro atoms. The van der Waals surface area contributed by atoms with Crippen molar-refractivity contribution < 1.29 is 9.32 Å². The highest BCUT2D eigenvalue weighted by Gasteiger charge is 2.37. The highest BCUT2D eigenvalue weighted by molar-refractivity contribution is 7.20. The molecular formula is C18H13N5O3S. The molecule has 1 saturated heterocycles. The van der Waals surface area contributed by atoms with Crippen molar-refractivity contribution in [2.24, 2.45) is 0 Å². The van der Waals surface area contributed by atoms with E-state index < -0.39 is 0 Å². The van der Waals surface area contributed by atoms with Crippen molar-refractivity contribution in [2.45, 2.75) is 5.92 Å². The molecule has 4 aromatic rings. The minimum Gasteiger partial charge on any atom is -0.339 e. The van der Waals surface area contributed by atoms with Crippen molar-refractivity contribution in [3.8, 4) is 11.4 Å². The van der Waals surface area contributed by atoms with E-state index in [4.69, 9.17) is 4.52 Å². The zero-order chi connectivity index (χ0) is 18.4. The van der Waals surface area contributed by atoms with E-state index in [-0.39, 0.29) is 23.2 Å². The van der Waals surface area contributed by atoms with Crippen LogP contribution in [0.1, 0.15) is 21.6 Å². The summed E-state index contributed by atoms with van der Waals surface area (Å²) in [6.45, 7) is 0.975. The van der Waals surface area contributed by atoms with Crippen LogP contribution in [0.15, 0.2) is 51.9 Å². The van der Waals surface area contributed by atoms with Gasteiger partial charge in [0.25, 0.3) is 11.5 Å². The number of hydrogen-bond acceptors (Lipinski definition) is 7. The van der Waals surface area contributed by atoms with Gasteiger partial charge >= 0.3 is 0 Å². The topological polar surface area (TPSA) is 105 Å². The Morgan fingerprint density at radius 2 is 2.04 bits per heavy atom. The first kappa shape index (κ1) is 15.9. The van der Waals surface area contributed by atoms with E-state index in [1.165, 1.54) is 11.3 Å². The maximum atomic E-state index is 12.6. The van der Waals surface area contributed by atoms with Gasteiger partial charge in [0.1, 0.15) is 0 Å². The van der Waals surface area contributed by atoms with Gasteiger partial charge in [-0.25, -0.2) is 4.98 Å². The number of amides is 1. The average molecular weight is 379 g/mol. The van der Waals surface area contributed by atoms with Crippen molar-refractivity contribution in [1.29, 1.82) is 0 Å². The third-order valence-electron chi connectivity index (χ3n) is 4.50. The molecule has 5 rings (SSSR count). The SMILES string of the molecule is O=C(c1nc2ccccc2s1)N1CC(c2nc(-c3ccc[nH]c3=O)no2)C1. The number of carbonyl (C=O) groups is 1. The number of para-hydroxylation sites is 1. The number of aromatic amines is 1. The minimum absolute atomic E-state index is 0.0348. The molecular weight excluding hydrogens is 366 g/mol. The maximum absolute atomic E-state index is 12.6. The van der Waals surface area contributed by atoms with Gasteiger partial charge in [-0.2, -0.15) is 4.98 Å². The number of thiazole rings is 1. The smallest absolute Gasteiger partial charge is 0.282 e. The Bertz CT molecular complexity index is 1170. The second-order valence-electron chi connectivity index (χ2n) is 6.26. The quantitative estimate of drug-likeness (QED) is 0.585. The average Bonchev–Trinajstić information content (AvgIpc) is 3.27. The van der Waals surface area contributed by atoms with Gasteiger partial charge in [-0.05, 0) is 24.3 Å². The number of fused-ring (bicyclic) bond motifs is 1. The van der Waals surface area contributed by atoms with Crippen LogP contribution in [0.25, 0.3) is 21.6 Å². The summed E-state index contributed by atoms with van der Waals surface area (Å²) in [6, 6.07) is 11.0. The summed E-state index contributed by atoms with van der Waals surface area (Å²) < 4.78 is 6.29. The summed E-state index contributed by atoms with van der Waals surface area (Å²) in [4.78, 5) is 37.4. The van der Waals surface area contributed by atoms with E-state index >= 15 is 0 Å². The molecule has 1 aliphatic rings. The Kier molecular flexibility index (Phi) is 3.61. The molecule has 8 nitrogen and oxygen atoms in total. The number of nitrogens with one attached hydrogen (secondary N) is 1. The van der Waals surface area contributed by atoms with Crippen LogP contribution in [0.3, 0.4) is 0 Å². The van der Waals surface area contributed by atoms with Crippen LogP contribution in [0.2, 0.25) is 0 Å². The third kappa shape index (κ3) is 2.72. The van der Waals surface area contributed by atoms with Gasteiger partial charge in [-0.3, -0.25) is 9.59 Å². The van der Waals surface area contributed by atoms with Crippen LogP contribution in [0.5, 0.6) is 0 Å². The summed E-state index contributed by atoms with van der Waals surface area (Å²) in [5, 5.41) is 4.37. The van der Waals surface area contributed by atoms with Crippen molar-refractivity contribution >= 4 is 27.5 Å². The van der Waals surface area contributed by atoms with Crippen molar-refractivity contribution in [2.75, 3.05) is 13.1 Å². The standard InChI is InChI=1S/C18H13N5O3S/c24-15-11(4-3-7-19-15)14-21-16(26-22-14)10-8-23(9-10)18(25)17-20-12-5-1-2-6-13(12)27-17/h1-7,10H,8-9H2,(H,19,24). The second-order valence-corrected chi connectivity index (χ2v) is 7.29. The van der Waals surface area contributed by atoms with Crippen LogP contribution in [-0.4, -0.2) is 44.0 Å². The first-order valence-corrected chi connectivity index (χ1v) is 9.17. The Hall–Kier alpha value is -3.33. The molecule has 3 aromatic heterocycles. The highest BCUT2D eigenvalue weighted by atomic mass is 32.1. The Labute approximate surface area is 156 Å². The van der Waals surface area contributed by atoms with E-state index in [1.54, 1.807) is 23.2 Å². The van der Waals surface area contributed by atoms with Gasteiger partial charge in [0.15, 0.2) is 5.01 Å². The Morgan fingerprint density at radius 1 is 1.19 bits per heavy atom. The van der Waals surface area contributed by atoms with Crippen LogP contribution < -0.4 is 5.56 Å². The van der Waals surface area contributed by atoms with E-state index in [9.17, 15) is 9.59 Å². The number of likely N-dealkylation sites (tertiary alicyclic amines) is 1. The van der Waals surface area contributed by atoms with Gasteiger partial charge in [0, 0.05) is 19.3 Å². The number of pyridine rings is 1. The second kappa shape index (κ2) is 6.13. The Morgan fingerprint density at radius 3 is 2.85 bits per heavy atom. The molecule has 0 atom stereocenters. The lowest BCUT2D eigenvalue weighted by Crippen LogP contribution is -2.48. The largest absolute Gasteiger partial charge is 0.339 e. The molecule has 0 unspecified atom stereocenters. The number of hydrogen-bond donors (Lipinski definition) is 1. The van der Waals surface area contributed by atoms with Crippen LogP contribution >= 0.6 is 11.3 Å². The molecule has 1 fully saturated rings. The third-order valence-corrected chi connectivity index (χ3v) is 5.52. The maximum Gasteiger partial charge on any atom is 0.282 e. The summed E-state index contributed by atoms with van der Waals surface area (Å²) in [5.41, 5.74) is 0.915. The molecule has 9 heteroatoms. The predicted octanol–water partition coefficient (Wildman–Crippen LogP) is 2.27. The predicted molar refractivity (Wildman–Crippen MR) is 98.6 cm³/mol. The number of carbonyl (C=O) groups excluding carboxylic acids is 1. The van der Waals surface area contributed by atoms with Crippen LogP contribution in [0.4, 0.5) is 0 Å². The normalized spacial score (nSPS) is 14.4. The molecule has 4 heterocycles. The number of rotatable bonds is 3. The number of benzene rings is 1. The number of nitrogens with zero attached hydrogens (tertiary/aromatic N) is 4. The molecule has 0 bridgehead atoms. The first-order chi connectivity index (χ1) is 13.2. The van der Waals surface area contributed by atoms with Crippen molar-refractivity contribution in [3.63, 3.8) is 0 Å². The Balaban J connectivity index is 1.30. The monoisotopic (exact) mass is 379 g/mol. The van der Waals surface area contributed by atoms with E-state index in [0.717, 1.165) is 10.2 Å². The fourth-order valence-corrected chi connectivity index (χ4v) is 3.94. The van der Waals surface area contributed by atoms with Gasteiger partial charge < -0.3 is 14.4 Å². The lowest BCUT2D eigenvalue weighted by atomic mass is 10.0. The van der Waals surface area contributed by atoms with Gasteiger partial charge in [-0.1, -0.05) is 17.3 Å². The summed E-state index contributed by atoms with van der Waals surface area (Å²) >= 11 is 1.39. The van der Waals surface area contributed by atoms with Crippen molar-refractivity contribution in [3.05, 3.63) is 63.8 Å². The fourth-order valence-electron chi connectivity index (χ4n) is 3.01. The van der Waals surface area contributed by atoms with Gasteiger partial charge in [-0.15, -0.1) is 11.3 Å². The summed E-state index contributed by atoms with van der Waals surface area (Å²) in [6.07, 6.45) is 1.55. The van der Waals surface area contributed by atoms with Gasteiger partial charge in [0.05, 0.1) is 21.7 Å². The summed E-state index contributed by atoms with van der Waals surface area (Å²) in [7, 11) is 0. The molecule has 1 aromatic carbocycles. The lowest BCUT2D eigenvalue weighted by Gasteiger charge is -2.36. The molecule has 0 saturated carbocycles. The lowest BCUT2D eigenvalue weighted by molar-refractivity contribution is 0.0569. The number of aromatic nitrogens is 4. The zero-order valence-corrected chi connectivity index (χ0v) is 14.8. The fraction of sp³-hybridized carbons (Fsp3) is 0.167. The van der Waals surface area contributed by atoms with Gasteiger partial charge in [0.2, 0.25) is 11.7 Å². The molecule has 27 heavy (non-hydrogen) atoms. The first-order valence-electron chi connectivity index (χ1n) is 8.35. The number of H-pyrrole nitrogens is 1. The molecule has 1 amide bonds. The van der Waals surface area contributed by atoms with Crippen molar-refractivity contribution in [1.82, 2.24) is 25.0 Å². The zero-order valence-electron chi connectivity index (χ0n) is 14.0. The molecule has 0 radical (unpaired) electrons. The minimum atomic E-state index is -0.272. The van der Waals surface area contributed by atoms with E-state index in [1.807, 2.05) is 24.3 Å². The molecule has 1 aliphatic heterocycles. The highest BCUT2D eigenvalue weighted by Crippen LogP contribution is 2.30. The molecule has 0 aliphatic carbocycles. The van der Waals surface area contributed by atoms with Crippen LogP contribution in [0, 0.1) is 0 Å². The van der Waals surface area contributed by atoms with E-state index in [2.05, 4.69) is 20.1 Å². The van der Waals surface area contributed by atoms with Crippen LogP contribution in [-0.2, 0) is 0 Å². The van der Waals surface area contributed by atoms with E-state index in [0.29, 0.717) is 29.6 Å². The molecule has 1 N–H and O–H groups in total. The molecule has 134 valence electrons. The summed E-state index contributed by atoms with van der Waals surface area (Å²) in [5.74, 6) is 0.559.